The predicted molar refractivity (Wildman–Crippen MR) is 335 cm³/mol. The van der Waals surface area contributed by atoms with Crippen LogP contribution in [-0.2, 0) is 28.6 Å². The molecule has 0 aliphatic carbocycles. The Bertz CT molecular complexity index is 1290. The van der Waals surface area contributed by atoms with Gasteiger partial charge in [0.2, 0.25) is 0 Å². The molecule has 0 saturated heterocycles. The van der Waals surface area contributed by atoms with Crippen LogP contribution in [0.5, 0.6) is 0 Å². The highest BCUT2D eigenvalue weighted by molar-refractivity contribution is 5.71. The number of unbranched alkanes of at least 4 members (excludes halogenated alkanes) is 47. The highest BCUT2D eigenvalue weighted by atomic mass is 16.6. The van der Waals surface area contributed by atoms with Gasteiger partial charge in [0.05, 0.1) is 0 Å². The van der Waals surface area contributed by atoms with Crippen molar-refractivity contribution in [1.29, 1.82) is 0 Å². The van der Waals surface area contributed by atoms with Crippen LogP contribution in [0.3, 0.4) is 0 Å². The molecule has 0 N–H and O–H groups in total. The lowest BCUT2D eigenvalue weighted by Gasteiger charge is -2.18. The minimum absolute atomic E-state index is 0.0705. The molecule has 0 aromatic heterocycles. The Balaban J connectivity index is 4.32. The van der Waals surface area contributed by atoms with E-state index in [-0.39, 0.29) is 31.1 Å². The first-order valence-corrected chi connectivity index (χ1v) is 34.5. The van der Waals surface area contributed by atoms with Crippen LogP contribution in [0.4, 0.5) is 0 Å². The van der Waals surface area contributed by atoms with Crippen molar-refractivity contribution in [2.45, 2.75) is 386 Å². The van der Waals surface area contributed by atoms with Gasteiger partial charge in [-0.05, 0) is 77.0 Å². The molecular weight excluding hydrogens is 949 g/mol. The summed E-state index contributed by atoms with van der Waals surface area (Å²) in [5.74, 6) is -0.851. The van der Waals surface area contributed by atoms with E-state index in [0.29, 0.717) is 19.3 Å². The van der Waals surface area contributed by atoms with Gasteiger partial charge in [0.1, 0.15) is 13.2 Å². The van der Waals surface area contributed by atoms with Gasteiger partial charge in [-0.15, -0.1) is 0 Å². The monoisotopic (exact) mass is 1080 g/mol. The molecular formula is C71H132O6. The van der Waals surface area contributed by atoms with Crippen LogP contribution in [0.25, 0.3) is 0 Å². The fourth-order valence-corrected chi connectivity index (χ4v) is 10.4. The molecule has 6 heteroatoms. The lowest BCUT2D eigenvalue weighted by atomic mass is 10.0. The van der Waals surface area contributed by atoms with Crippen molar-refractivity contribution in [3.63, 3.8) is 0 Å². The van der Waals surface area contributed by atoms with E-state index in [0.717, 1.165) is 64.2 Å². The summed E-state index contributed by atoms with van der Waals surface area (Å²) in [7, 11) is 0. The number of carbonyl (C=O) groups is 3. The molecule has 0 aliphatic rings. The summed E-state index contributed by atoms with van der Waals surface area (Å²) in [6, 6.07) is 0. The Morgan fingerprint density at radius 1 is 0.260 bits per heavy atom. The fraction of sp³-hybridized carbons (Fsp3) is 0.873. The van der Waals surface area contributed by atoms with Crippen molar-refractivity contribution in [1.82, 2.24) is 0 Å². The van der Waals surface area contributed by atoms with E-state index in [1.165, 1.54) is 276 Å². The zero-order chi connectivity index (χ0) is 55.7. The first kappa shape index (κ1) is 74.6. The largest absolute Gasteiger partial charge is 0.462 e. The third-order valence-electron chi connectivity index (χ3n) is 15.6. The Morgan fingerprint density at radius 2 is 0.468 bits per heavy atom. The first-order chi connectivity index (χ1) is 38.0. The summed E-state index contributed by atoms with van der Waals surface area (Å²) in [5, 5.41) is 0. The molecule has 0 aromatic rings. The Labute approximate surface area is 480 Å². The second-order valence-electron chi connectivity index (χ2n) is 23.4. The number of carbonyl (C=O) groups excluding carboxylic acids is 3. The molecule has 0 bridgehead atoms. The van der Waals surface area contributed by atoms with Gasteiger partial charge in [-0.25, -0.2) is 0 Å². The van der Waals surface area contributed by atoms with Crippen molar-refractivity contribution in [2.24, 2.45) is 0 Å². The van der Waals surface area contributed by atoms with Crippen LogP contribution in [0.15, 0.2) is 36.5 Å². The van der Waals surface area contributed by atoms with Gasteiger partial charge < -0.3 is 14.2 Å². The molecule has 0 aromatic carbocycles. The van der Waals surface area contributed by atoms with Crippen LogP contribution in [0.2, 0.25) is 0 Å². The van der Waals surface area contributed by atoms with E-state index in [1.54, 1.807) is 0 Å². The average molecular weight is 1080 g/mol. The van der Waals surface area contributed by atoms with Crippen molar-refractivity contribution < 1.29 is 28.6 Å². The average Bonchev–Trinajstić information content (AvgIpc) is 3.43. The highest BCUT2D eigenvalue weighted by Gasteiger charge is 2.19. The SMILES string of the molecule is CCCCC/C=C\C/C=C\CCCCCCCCCCCC(=O)OC(COC(=O)CCCCCCCCC/C=C\CCCCCCCCC)COC(=O)CCCCCCCCCCCCCCCCCCCCCCCC. The Hall–Kier alpha value is -2.37. The van der Waals surface area contributed by atoms with E-state index in [2.05, 4.69) is 57.2 Å². The molecule has 452 valence electrons. The zero-order valence-electron chi connectivity index (χ0n) is 52.0. The van der Waals surface area contributed by atoms with E-state index < -0.39 is 6.10 Å². The van der Waals surface area contributed by atoms with Gasteiger partial charge in [-0.3, -0.25) is 14.4 Å². The van der Waals surface area contributed by atoms with Crippen LogP contribution < -0.4 is 0 Å². The Morgan fingerprint density at radius 3 is 0.753 bits per heavy atom. The molecule has 1 unspecified atom stereocenters. The smallest absolute Gasteiger partial charge is 0.306 e. The van der Waals surface area contributed by atoms with Crippen molar-refractivity contribution >= 4 is 17.9 Å². The molecule has 77 heavy (non-hydrogen) atoms. The van der Waals surface area contributed by atoms with Gasteiger partial charge >= 0.3 is 17.9 Å². The summed E-state index contributed by atoms with van der Waals surface area (Å²) in [6.45, 7) is 6.68. The summed E-state index contributed by atoms with van der Waals surface area (Å²) < 4.78 is 17.0. The second kappa shape index (κ2) is 66.1. The van der Waals surface area contributed by atoms with E-state index in [4.69, 9.17) is 14.2 Å². The van der Waals surface area contributed by atoms with Gasteiger partial charge in [0, 0.05) is 19.3 Å². The summed E-state index contributed by atoms with van der Waals surface area (Å²) in [6.07, 6.45) is 81.6. The number of esters is 3. The van der Waals surface area contributed by atoms with Gasteiger partial charge in [0.15, 0.2) is 6.10 Å². The molecule has 0 fully saturated rings. The molecule has 0 spiro atoms. The maximum Gasteiger partial charge on any atom is 0.306 e. The summed E-state index contributed by atoms with van der Waals surface area (Å²) in [5.41, 5.74) is 0. The van der Waals surface area contributed by atoms with E-state index in [1.807, 2.05) is 0 Å². The minimum atomic E-state index is -0.775. The van der Waals surface area contributed by atoms with Crippen LogP contribution in [0.1, 0.15) is 380 Å². The highest BCUT2D eigenvalue weighted by Crippen LogP contribution is 2.18. The van der Waals surface area contributed by atoms with Gasteiger partial charge in [-0.2, -0.15) is 0 Å². The normalized spacial score (nSPS) is 12.2. The number of hydrogen-bond donors (Lipinski definition) is 0. The number of allylic oxidation sites excluding steroid dienone is 6. The molecule has 0 amide bonds. The molecule has 6 nitrogen and oxygen atoms in total. The lowest BCUT2D eigenvalue weighted by molar-refractivity contribution is -0.167. The van der Waals surface area contributed by atoms with Gasteiger partial charge in [0.25, 0.3) is 0 Å². The van der Waals surface area contributed by atoms with Crippen LogP contribution in [0, 0.1) is 0 Å². The predicted octanol–water partition coefficient (Wildman–Crippen LogP) is 23.6. The van der Waals surface area contributed by atoms with E-state index in [9.17, 15) is 14.4 Å². The number of ether oxygens (including phenoxy) is 3. The molecule has 0 heterocycles. The van der Waals surface area contributed by atoms with Crippen molar-refractivity contribution in [3.8, 4) is 0 Å². The first-order valence-electron chi connectivity index (χ1n) is 34.5. The molecule has 0 aliphatic heterocycles. The summed E-state index contributed by atoms with van der Waals surface area (Å²) >= 11 is 0. The minimum Gasteiger partial charge on any atom is -0.462 e. The van der Waals surface area contributed by atoms with Crippen molar-refractivity contribution in [3.05, 3.63) is 36.5 Å². The number of hydrogen-bond acceptors (Lipinski definition) is 6. The lowest BCUT2D eigenvalue weighted by Crippen LogP contribution is -2.30. The Kier molecular flexibility index (Phi) is 64.1. The molecule has 1 atom stereocenters. The second-order valence-corrected chi connectivity index (χ2v) is 23.4. The van der Waals surface area contributed by atoms with E-state index >= 15 is 0 Å². The topological polar surface area (TPSA) is 78.9 Å². The quantitative estimate of drug-likeness (QED) is 0.0261. The standard InChI is InChI=1S/C71H132O6/c1-4-7-10-13-16-19-22-25-28-31-34-35-36-38-40-43-46-49-52-55-58-61-64-70(73)76-67-68(66-75-69(72)63-60-57-54-51-48-45-42-39-33-30-27-24-21-18-15-12-9-6-3)77-71(74)65-62-59-56-53-50-47-44-41-37-32-29-26-23-20-17-14-11-8-5-2/h17,20,26,29-30,33,68H,4-16,18-19,21-25,27-28,31-32,34-67H2,1-3H3/b20-17-,29-26-,33-30-. The van der Waals surface area contributed by atoms with Gasteiger partial charge in [-0.1, -0.05) is 320 Å². The maximum absolute atomic E-state index is 12.9. The molecule has 0 radical (unpaired) electrons. The molecule has 0 saturated carbocycles. The third-order valence-corrected chi connectivity index (χ3v) is 15.6. The third kappa shape index (κ3) is 64.3. The fourth-order valence-electron chi connectivity index (χ4n) is 10.4. The number of rotatable bonds is 64. The van der Waals surface area contributed by atoms with Crippen molar-refractivity contribution in [2.75, 3.05) is 13.2 Å². The maximum atomic E-state index is 12.9. The summed E-state index contributed by atoms with van der Waals surface area (Å²) in [4.78, 5) is 38.4. The van der Waals surface area contributed by atoms with Crippen LogP contribution in [-0.4, -0.2) is 37.2 Å². The van der Waals surface area contributed by atoms with Crippen LogP contribution >= 0.6 is 0 Å². The molecule has 0 rings (SSSR count). The zero-order valence-corrected chi connectivity index (χ0v) is 52.0.